The van der Waals surface area contributed by atoms with Crippen LogP contribution in [0.2, 0.25) is 0 Å². The number of allylic oxidation sites excluding steroid dienone is 2. The first-order valence-electron chi connectivity index (χ1n) is 5.69. The molecule has 0 amide bonds. The summed E-state index contributed by atoms with van der Waals surface area (Å²) < 4.78 is 12.3. The Kier molecular flexibility index (Phi) is 3.14. The van der Waals surface area contributed by atoms with E-state index >= 15 is 0 Å². The predicted octanol–water partition coefficient (Wildman–Crippen LogP) is 3.15. The van der Waals surface area contributed by atoms with Crippen LogP contribution in [0.3, 0.4) is 0 Å². The molecule has 14 heavy (non-hydrogen) atoms. The maximum atomic E-state index is 12.3. The maximum absolute atomic E-state index is 12.3. The number of hydrogen-bond acceptors (Lipinski definition) is 1. The van der Waals surface area contributed by atoms with Crippen LogP contribution in [-0.4, -0.2) is 18.4 Å². The smallest absolute Gasteiger partial charge is 0.155 e. The number of hydrogen-bond donors (Lipinski definition) is 1. The Hall–Kier alpha value is -0.0700. The summed E-state index contributed by atoms with van der Waals surface area (Å²) in [5.74, 6) is 0. The van der Waals surface area contributed by atoms with Gasteiger partial charge in [0.1, 0.15) is 0 Å². The van der Waals surface area contributed by atoms with Crippen LogP contribution in [0, 0.1) is 0 Å². The van der Waals surface area contributed by atoms with Crippen LogP contribution in [0.5, 0.6) is 0 Å². The fourth-order valence-electron chi connectivity index (χ4n) is 2.50. The molecule has 0 spiro atoms. The molecule has 1 heterocycles. The van der Waals surface area contributed by atoms with Gasteiger partial charge in [0, 0.05) is 18.4 Å². The topological polar surface area (TPSA) is 29.1 Å². The van der Waals surface area contributed by atoms with Gasteiger partial charge in [-0.15, -0.1) is 0 Å². The molecular weight excluding hydrogens is 193 g/mol. The molecule has 0 unspecified atom stereocenters. The van der Waals surface area contributed by atoms with Gasteiger partial charge in [0.25, 0.3) is 0 Å². The lowest BCUT2D eigenvalue weighted by atomic mass is 9.96. The van der Waals surface area contributed by atoms with E-state index in [1.165, 1.54) is 37.7 Å². The molecule has 1 aliphatic heterocycles. The average Bonchev–Trinajstić information content (AvgIpc) is 2.47. The fraction of sp³-hybridized carbons (Fsp3) is 0.818. The van der Waals surface area contributed by atoms with Crippen molar-refractivity contribution in [3.8, 4) is 0 Å². The molecule has 0 saturated heterocycles. The Labute approximate surface area is 86.6 Å². The standard InChI is InChI=1S/C11H20NOP/c1-10-7-8-14(13,9-10)12-11-5-3-2-4-6-11/h7,11H,2-6,8-9H2,1H3,(H,12,13)/t14-/m0/s1. The second kappa shape index (κ2) is 4.20. The van der Waals surface area contributed by atoms with E-state index in [4.69, 9.17) is 0 Å². The first-order chi connectivity index (χ1) is 6.68. The van der Waals surface area contributed by atoms with E-state index < -0.39 is 7.29 Å². The lowest BCUT2D eigenvalue weighted by molar-refractivity contribution is 0.412. The molecule has 0 aromatic rings. The molecule has 0 radical (unpaired) electrons. The minimum atomic E-state index is -2.04. The van der Waals surface area contributed by atoms with Gasteiger partial charge in [-0.05, 0) is 19.8 Å². The van der Waals surface area contributed by atoms with Gasteiger partial charge in [0.05, 0.1) is 0 Å². The lowest BCUT2D eigenvalue weighted by Crippen LogP contribution is -2.29. The van der Waals surface area contributed by atoms with Crippen molar-refractivity contribution in [2.75, 3.05) is 12.3 Å². The lowest BCUT2D eigenvalue weighted by Gasteiger charge is -2.26. The Bertz CT molecular complexity index is 279. The first kappa shape index (κ1) is 10.4. The summed E-state index contributed by atoms with van der Waals surface area (Å²) in [7, 11) is -2.04. The second-order valence-electron chi connectivity index (χ2n) is 4.74. The van der Waals surface area contributed by atoms with Crippen LogP contribution < -0.4 is 5.09 Å². The Morgan fingerprint density at radius 3 is 2.64 bits per heavy atom. The zero-order valence-electron chi connectivity index (χ0n) is 8.96. The van der Waals surface area contributed by atoms with Crippen molar-refractivity contribution in [2.45, 2.75) is 45.1 Å². The molecule has 3 heteroatoms. The Morgan fingerprint density at radius 2 is 2.07 bits per heavy atom. The van der Waals surface area contributed by atoms with Gasteiger partial charge in [-0.1, -0.05) is 30.9 Å². The van der Waals surface area contributed by atoms with Crippen LogP contribution in [-0.2, 0) is 4.57 Å². The third kappa shape index (κ3) is 2.49. The van der Waals surface area contributed by atoms with E-state index in [9.17, 15) is 4.57 Å². The molecule has 0 aromatic carbocycles. The molecule has 0 bridgehead atoms. The van der Waals surface area contributed by atoms with E-state index in [-0.39, 0.29) is 0 Å². The Balaban J connectivity index is 1.88. The molecule has 2 nitrogen and oxygen atoms in total. The van der Waals surface area contributed by atoms with Crippen molar-refractivity contribution < 1.29 is 4.57 Å². The van der Waals surface area contributed by atoms with Gasteiger partial charge >= 0.3 is 0 Å². The van der Waals surface area contributed by atoms with E-state index in [0.29, 0.717) is 6.04 Å². The van der Waals surface area contributed by atoms with Crippen LogP contribution in [0.25, 0.3) is 0 Å². The van der Waals surface area contributed by atoms with Gasteiger partial charge in [0.2, 0.25) is 0 Å². The van der Waals surface area contributed by atoms with E-state index in [2.05, 4.69) is 18.1 Å². The molecule has 2 aliphatic rings. The first-order valence-corrected chi connectivity index (χ1v) is 7.77. The molecule has 80 valence electrons. The van der Waals surface area contributed by atoms with Crippen molar-refractivity contribution in [1.82, 2.24) is 5.09 Å². The van der Waals surface area contributed by atoms with Crippen molar-refractivity contribution in [3.05, 3.63) is 11.6 Å². The summed E-state index contributed by atoms with van der Waals surface area (Å²) >= 11 is 0. The molecule has 1 atom stereocenters. The van der Waals surface area contributed by atoms with Crippen LogP contribution in [0.15, 0.2) is 11.6 Å². The highest BCUT2D eigenvalue weighted by atomic mass is 31.2. The average molecular weight is 213 g/mol. The summed E-state index contributed by atoms with van der Waals surface area (Å²) in [6.45, 7) is 2.09. The third-order valence-electron chi connectivity index (χ3n) is 3.26. The predicted molar refractivity (Wildman–Crippen MR) is 61.1 cm³/mol. The highest BCUT2D eigenvalue weighted by molar-refractivity contribution is 7.62. The normalized spacial score (nSPS) is 34.5. The molecule has 1 saturated carbocycles. The van der Waals surface area contributed by atoms with E-state index in [1.54, 1.807) is 0 Å². The molecule has 1 aliphatic carbocycles. The second-order valence-corrected chi connectivity index (χ2v) is 7.46. The van der Waals surface area contributed by atoms with Gasteiger partial charge in [-0.2, -0.15) is 0 Å². The van der Waals surface area contributed by atoms with Crippen molar-refractivity contribution in [1.29, 1.82) is 0 Å². The van der Waals surface area contributed by atoms with Crippen molar-refractivity contribution >= 4 is 7.29 Å². The summed E-state index contributed by atoms with van der Waals surface area (Å²) in [6.07, 6.45) is 10.2. The number of rotatable bonds is 2. The maximum Gasteiger partial charge on any atom is 0.155 e. The highest BCUT2D eigenvalue weighted by Crippen LogP contribution is 2.48. The molecule has 1 N–H and O–H groups in total. The molecular formula is C11H20NOP. The minimum absolute atomic E-state index is 0.536. The summed E-state index contributed by atoms with van der Waals surface area (Å²) in [4.78, 5) is 0. The van der Waals surface area contributed by atoms with Crippen molar-refractivity contribution in [3.63, 3.8) is 0 Å². The van der Waals surface area contributed by atoms with Gasteiger partial charge < -0.3 is 4.57 Å². The monoisotopic (exact) mass is 213 g/mol. The van der Waals surface area contributed by atoms with Crippen LogP contribution in [0.1, 0.15) is 39.0 Å². The van der Waals surface area contributed by atoms with E-state index in [1.807, 2.05) is 0 Å². The van der Waals surface area contributed by atoms with Crippen LogP contribution >= 0.6 is 7.29 Å². The third-order valence-corrected chi connectivity index (χ3v) is 5.88. The van der Waals surface area contributed by atoms with Gasteiger partial charge in [-0.25, -0.2) is 0 Å². The molecule has 2 rings (SSSR count). The van der Waals surface area contributed by atoms with Crippen molar-refractivity contribution in [2.24, 2.45) is 0 Å². The Morgan fingerprint density at radius 1 is 1.36 bits per heavy atom. The summed E-state index contributed by atoms with van der Waals surface area (Å²) in [6, 6.07) is 0.536. The van der Waals surface area contributed by atoms with Gasteiger partial charge in [0.15, 0.2) is 7.29 Å². The summed E-state index contributed by atoms with van der Waals surface area (Å²) in [5, 5.41) is 3.43. The largest absolute Gasteiger partial charge is 0.306 e. The SMILES string of the molecule is CC1=CC[P@@](=O)(NC2CCCCC2)C1. The number of nitrogens with one attached hydrogen (secondary N) is 1. The minimum Gasteiger partial charge on any atom is -0.306 e. The van der Waals surface area contributed by atoms with E-state index in [0.717, 1.165) is 12.3 Å². The molecule has 1 fully saturated rings. The summed E-state index contributed by atoms with van der Waals surface area (Å²) in [5.41, 5.74) is 1.30. The quantitative estimate of drug-likeness (QED) is 0.564. The highest BCUT2D eigenvalue weighted by Gasteiger charge is 2.29. The zero-order valence-corrected chi connectivity index (χ0v) is 9.85. The van der Waals surface area contributed by atoms with Crippen LogP contribution in [0.4, 0.5) is 0 Å². The fourth-order valence-corrected chi connectivity index (χ4v) is 5.29. The van der Waals surface area contributed by atoms with Gasteiger partial charge in [-0.3, -0.25) is 5.09 Å². The molecule has 0 aromatic heterocycles. The zero-order chi connectivity index (χ0) is 10.0.